The van der Waals surface area contributed by atoms with Gasteiger partial charge in [-0.1, -0.05) is 23.8 Å². The molecule has 0 spiro atoms. The van der Waals surface area contributed by atoms with E-state index in [1.807, 2.05) is 12.3 Å². The van der Waals surface area contributed by atoms with Crippen LogP contribution in [-0.2, 0) is 11.3 Å². The Bertz CT molecular complexity index is 823. The molecule has 2 aromatic heterocycles. The molecule has 3 rings (SSSR count). The van der Waals surface area contributed by atoms with E-state index in [0.717, 1.165) is 15.4 Å². The molecule has 0 aliphatic heterocycles. The highest BCUT2D eigenvalue weighted by Gasteiger charge is 2.11. The first-order chi connectivity index (χ1) is 11.2. The summed E-state index contributed by atoms with van der Waals surface area (Å²) in [5, 5.41) is 5.19. The van der Waals surface area contributed by atoms with Crippen molar-refractivity contribution in [3.8, 4) is 10.6 Å². The number of hydrogen-bond acceptors (Lipinski definition) is 5. The molecule has 3 aromatic rings. The smallest absolute Gasteiger partial charge is 0.341 e. The monoisotopic (exact) mass is 327 g/mol. The Morgan fingerprint density at radius 3 is 3.00 bits per heavy atom. The third kappa shape index (κ3) is 3.65. The second kappa shape index (κ2) is 6.75. The van der Waals surface area contributed by atoms with Gasteiger partial charge in [0, 0.05) is 22.8 Å². The Morgan fingerprint density at radius 2 is 2.22 bits per heavy atom. The molecule has 23 heavy (non-hydrogen) atoms. The van der Waals surface area contributed by atoms with E-state index < -0.39 is 0 Å². The summed E-state index contributed by atoms with van der Waals surface area (Å²) >= 11 is 1.63. The van der Waals surface area contributed by atoms with Crippen LogP contribution < -0.4 is 0 Å². The zero-order valence-electron chi connectivity index (χ0n) is 13.0. The van der Waals surface area contributed by atoms with Crippen molar-refractivity contribution in [2.24, 2.45) is 0 Å². The van der Waals surface area contributed by atoms with Gasteiger partial charge in [-0.15, -0.1) is 11.3 Å². The van der Waals surface area contributed by atoms with E-state index in [2.05, 4.69) is 35.2 Å². The van der Waals surface area contributed by atoms with E-state index in [9.17, 15) is 4.79 Å². The zero-order chi connectivity index (χ0) is 16.2. The lowest BCUT2D eigenvalue weighted by atomic mass is 10.1. The number of hydrogen-bond donors (Lipinski definition) is 0. The normalized spacial score (nSPS) is 10.7. The van der Waals surface area contributed by atoms with Gasteiger partial charge in [-0.05, 0) is 19.9 Å². The average molecular weight is 327 g/mol. The summed E-state index contributed by atoms with van der Waals surface area (Å²) in [4.78, 5) is 17.2. The Hall–Kier alpha value is -2.47. The largest absolute Gasteiger partial charge is 0.462 e. The number of nitrogens with zero attached hydrogens (tertiary/aromatic N) is 3. The summed E-state index contributed by atoms with van der Waals surface area (Å²) < 4.78 is 6.68. The molecule has 0 saturated heterocycles. The molecule has 0 aliphatic carbocycles. The molecule has 0 atom stereocenters. The first-order valence-corrected chi connectivity index (χ1v) is 8.18. The molecule has 0 N–H and O–H groups in total. The van der Waals surface area contributed by atoms with E-state index in [4.69, 9.17) is 4.74 Å². The number of esters is 1. The highest BCUT2D eigenvalue weighted by atomic mass is 32.1. The molecule has 0 fully saturated rings. The minimum Gasteiger partial charge on any atom is -0.462 e. The molecule has 0 saturated carbocycles. The molecule has 0 radical (unpaired) electrons. The molecule has 0 amide bonds. The van der Waals surface area contributed by atoms with Gasteiger partial charge in [-0.2, -0.15) is 5.10 Å². The fraction of sp³-hybridized carbons (Fsp3) is 0.235. The van der Waals surface area contributed by atoms with Gasteiger partial charge in [0.05, 0.1) is 24.9 Å². The molecular formula is C17H17N3O2S. The number of aromatic nitrogens is 3. The Kier molecular flexibility index (Phi) is 4.52. The van der Waals surface area contributed by atoms with Gasteiger partial charge in [0.25, 0.3) is 0 Å². The van der Waals surface area contributed by atoms with Gasteiger partial charge in [0.15, 0.2) is 0 Å². The fourth-order valence-corrected chi connectivity index (χ4v) is 3.12. The van der Waals surface area contributed by atoms with Crippen LogP contribution in [0.25, 0.3) is 10.6 Å². The summed E-state index contributed by atoms with van der Waals surface area (Å²) in [6.07, 6.45) is 5.08. The van der Waals surface area contributed by atoms with Crippen molar-refractivity contribution in [2.75, 3.05) is 6.61 Å². The molecule has 0 unspecified atom stereocenters. The second-order valence-corrected chi connectivity index (χ2v) is 6.26. The van der Waals surface area contributed by atoms with Crippen LogP contribution in [0.1, 0.15) is 27.7 Å². The molecule has 0 bridgehead atoms. The maximum atomic E-state index is 11.6. The van der Waals surface area contributed by atoms with Crippen molar-refractivity contribution in [3.63, 3.8) is 0 Å². The van der Waals surface area contributed by atoms with Crippen LogP contribution in [0, 0.1) is 6.92 Å². The summed E-state index contributed by atoms with van der Waals surface area (Å²) in [5.41, 5.74) is 2.80. The number of ether oxygens (including phenoxy) is 1. The second-order valence-electron chi connectivity index (χ2n) is 5.15. The summed E-state index contributed by atoms with van der Waals surface area (Å²) in [5.74, 6) is -0.344. The van der Waals surface area contributed by atoms with Gasteiger partial charge < -0.3 is 4.74 Å². The van der Waals surface area contributed by atoms with Crippen molar-refractivity contribution in [2.45, 2.75) is 20.4 Å². The van der Waals surface area contributed by atoms with Crippen LogP contribution in [0.4, 0.5) is 0 Å². The minimum atomic E-state index is -0.344. The lowest BCUT2D eigenvalue weighted by Gasteiger charge is -1.99. The van der Waals surface area contributed by atoms with Crippen LogP contribution in [-0.4, -0.2) is 27.3 Å². The van der Waals surface area contributed by atoms with Gasteiger partial charge in [0.2, 0.25) is 0 Å². The molecule has 6 heteroatoms. The molecule has 5 nitrogen and oxygen atoms in total. The standard InChI is InChI=1S/C17H17N3O2S/c1-3-22-17(21)14-8-19-20(10-14)11-15-9-18-16(23-15)13-6-4-5-12(2)7-13/h4-10H,3,11H2,1-2H3. The summed E-state index contributed by atoms with van der Waals surface area (Å²) in [6.45, 7) is 4.80. The Balaban J connectivity index is 1.73. The van der Waals surface area contributed by atoms with Crippen molar-refractivity contribution in [1.29, 1.82) is 0 Å². The van der Waals surface area contributed by atoms with Gasteiger partial charge in [-0.25, -0.2) is 9.78 Å². The average Bonchev–Trinajstić information content (AvgIpc) is 3.17. The quantitative estimate of drug-likeness (QED) is 0.673. The first-order valence-electron chi connectivity index (χ1n) is 7.37. The van der Waals surface area contributed by atoms with Crippen molar-refractivity contribution < 1.29 is 9.53 Å². The fourth-order valence-electron chi connectivity index (χ4n) is 2.22. The van der Waals surface area contributed by atoms with Crippen LogP contribution in [0.5, 0.6) is 0 Å². The molecule has 2 heterocycles. The summed E-state index contributed by atoms with van der Waals surface area (Å²) in [6, 6.07) is 8.28. The number of benzene rings is 1. The number of rotatable bonds is 5. The Labute approximate surface area is 138 Å². The first kappa shape index (κ1) is 15.4. The van der Waals surface area contributed by atoms with Gasteiger partial charge in [-0.3, -0.25) is 4.68 Å². The van der Waals surface area contributed by atoms with Crippen LogP contribution in [0.15, 0.2) is 42.9 Å². The minimum absolute atomic E-state index is 0.344. The topological polar surface area (TPSA) is 57.0 Å². The SMILES string of the molecule is CCOC(=O)c1cnn(Cc2cnc(-c3cccc(C)c3)s2)c1. The highest BCUT2D eigenvalue weighted by molar-refractivity contribution is 7.15. The van der Waals surface area contributed by atoms with Crippen molar-refractivity contribution in [3.05, 3.63) is 58.9 Å². The lowest BCUT2D eigenvalue weighted by molar-refractivity contribution is 0.0526. The van der Waals surface area contributed by atoms with E-state index in [0.29, 0.717) is 18.7 Å². The summed E-state index contributed by atoms with van der Waals surface area (Å²) in [7, 11) is 0. The lowest BCUT2D eigenvalue weighted by Crippen LogP contribution is -2.03. The third-order valence-electron chi connectivity index (χ3n) is 3.28. The van der Waals surface area contributed by atoms with E-state index >= 15 is 0 Å². The highest BCUT2D eigenvalue weighted by Crippen LogP contribution is 2.26. The van der Waals surface area contributed by atoms with E-state index in [1.54, 1.807) is 29.1 Å². The maximum Gasteiger partial charge on any atom is 0.341 e. The van der Waals surface area contributed by atoms with E-state index in [1.165, 1.54) is 11.8 Å². The predicted octanol–water partition coefficient (Wildman–Crippen LogP) is 3.54. The third-order valence-corrected chi connectivity index (χ3v) is 4.31. The Morgan fingerprint density at radius 1 is 1.35 bits per heavy atom. The molecule has 0 aliphatic rings. The van der Waals surface area contributed by atoms with Gasteiger partial charge >= 0.3 is 5.97 Å². The molecule has 118 valence electrons. The van der Waals surface area contributed by atoms with E-state index in [-0.39, 0.29) is 5.97 Å². The molecular weight excluding hydrogens is 310 g/mol. The zero-order valence-corrected chi connectivity index (χ0v) is 13.8. The van der Waals surface area contributed by atoms with Crippen molar-refractivity contribution >= 4 is 17.3 Å². The van der Waals surface area contributed by atoms with Crippen LogP contribution in [0.2, 0.25) is 0 Å². The molecule has 1 aromatic carbocycles. The van der Waals surface area contributed by atoms with Crippen molar-refractivity contribution in [1.82, 2.24) is 14.8 Å². The van der Waals surface area contributed by atoms with Crippen LogP contribution in [0.3, 0.4) is 0 Å². The number of carbonyl (C=O) groups excluding carboxylic acids is 1. The predicted molar refractivity (Wildman–Crippen MR) is 89.6 cm³/mol. The maximum absolute atomic E-state index is 11.6. The van der Waals surface area contributed by atoms with Gasteiger partial charge in [0.1, 0.15) is 5.01 Å². The number of aryl methyl sites for hydroxylation is 1. The van der Waals surface area contributed by atoms with Crippen LogP contribution >= 0.6 is 11.3 Å². The number of carbonyl (C=O) groups is 1. The number of thiazole rings is 1.